The maximum Gasteiger partial charge on any atom is 0.310 e. The van der Waals surface area contributed by atoms with Gasteiger partial charge in [-0.05, 0) is 33.9 Å². The Morgan fingerprint density at radius 2 is 1.55 bits per heavy atom. The number of hydrogen-bond acceptors (Lipinski definition) is 1. The number of rotatable bonds is 4. The normalized spacial score (nSPS) is 12.2. The summed E-state index contributed by atoms with van der Waals surface area (Å²) in [5, 5.41) is 11.6. The predicted molar refractivity (Wildman–Crippen MR) is 90.1 cm³/mol. The van der Waals surface area contributed by atoms with Gasteiger partial charge in [0, 0.05) is 0 Å². The molecule has 0 saturated carbocycles. The maximum atomic E-state index is 11.5. The first-order chi connectivity index (χ1) is 10.7. The van der Waals surface area contributed by atoms with E-state index in [1.54, 1.807) is 0 Å². The Morgan fingerprint density at radius 1 is 0.909 bits per heavy atom. The third kappa shape index (κ3) is 2.48. The van der Waals surface area contributed by atoms with Gasteiger partial charge >= 0.3 is 5.97 Å². The zero-order valence-electron chi connectivity index (χ0n) is 12.5. The predicted octanol–water partition coefficient (Wildman–Crippen LogP) is 5.09. The molecule has 0 aliphatic heterocycles. The van der Waals surface area contributed by atoms with Crippen LogP contribution in [0.15, 0.2) is 66.7 Å². The molecule has 3 aromatic rings. The highest BCUT2D eigenvalue weighted by Crippen LogP contribution is 2.34. The molecule has 0 aliphatic carbocycles. The lowest BCUT2D eigenvalue weighted by Crippen LogP contribution is -2.11. The van der Waals surface area contributed by atoms with Crippen molar-refractivity contribution in [3.05, 3.63) is 72.3 Å². The summed E-state index contributed by atoms with van der Waals surface area (Å²) in [5.41, 5.74) is 3.18. The second kappa shape index (κ2) is 6.02. The average molecular weight is 290 g/mol. The third-order valence-electron chi connectivity index (χ3n) is 4.12. The van der Waals surface area contributed by atoms with Crippen LogP contribution < -0.4 is 0 Å². The third-order valence-corrected chi connectivity index (χ3v) is 4.12. The standard InChI is InChI=1S/C20H18O2/c1-2-15(20(21)22)19-13-12-16(14-8-4-3-5-9-14)17-10-6-7-11-18(17)19/h3-13,15H,2H2,1H3,(H,21,22)/t15-/m0/s1. The van der Waals surface area contributed by atoms with Gasteiger partial charge in [-0.1, -0.05) is 73.7 Å². The van der Waals surface area contributed by atoms with Gasteiger partial charge in [-0.3, -0.25) is 4.79 Å². The zero-order valence-corrected chi connectivity index (χ0v) is 12.5. The molecule has 110 valence electrons. The summed E-state index contributed by atoms with van der Waals surface area (Å²) in [6.45, 7) is 1.92. The first-order valence-electron chi connectivity index (χ1n) is 7.52. The summed E-state index contributed by atoms with van der Waals surface area (Å²) < 4.78 is 0. The van der Waals surface area contributed by atoms with Crippen LogP contribution in [0.2, 0.25) is 0 Å². The van der Waals surface area contributed by atoms with Crippen LogP contribution in [0.4, 0.5) is 0 Å². The molecule has 0 bridgehead atoms. The van der Waals surface area contributed by atoms with Gasteiger partial charge in [0.05, 0.1) is 5.92 Å². The number of carboxylic acids is 1. The lowest BCUT2D eigenvalue weighted by Gasteiger charge is -2.16. The first-order valence-corrected chi connectivity index (χ1v) is 7.52. The molecule has 0 heterocycles. The average Bonchev–Trinajstić information content (AvgIpc) is 2.56. The van der Waals surface area contributed by atoms with E-state index in [1.165, 1.54) is 0 Å². The summed E-state index contributed by atoms with van der Waals surface area (Å²) in [7, 11) is 0. The van der Waals surface area contributed by atoms with Crippen molar-refractivity contribution < 1.29 is 9.90 Å². The van der Waals surface area contributed by atoms with E-state index < -0.39 is 11.9 Å². The fourth-order valence-corrected chi connectivity index (χ4v) is 3.02. The molecule has 0 aliphatic rings. The van der Waals surface area contributed by atoms with Crippen molar-refractivity contribution in [1.29, 1.82) is 0 Å². The van der Waals surface area contributed by atoms with Gasteiger partial charge in [0.2, 0.25) is 0 Å². The monoisotopic (exact) mass is 290 g/mol. The molecule has 1 atom stereocenters. The van der Waals surface area contributed by atoms with Gasteiger partial charge in [-0.2, -0.15) is 0 Å². The molecule has 0 fully saturated rings. The molecular formula is C20H18O2. The molecule has 0 saturated heterocycles. The molecule has 0 amide bonds. The highest BCUT2D eigenvalue weighted by molar-refractivity contribution is 6.00. The van der Waals surface area contributed by atoms with E-state index in [4.69, 9.17) is 0 Å². The van der Waals surface area contributed by atoms with Crippen LogP contribution in [0.1, 0.15) is 24.8 Å². The minimum Gasteiger partial charge on any atom is -0.481 e. The fourth-order valence-electron chi connectivity index (χ4n) is 3.02. The van der Waals surface area contributed by atoms with Crippen LogP contribution in [0.5, 0.6) is 0 Å². The first kappa shape index (κ1) is 14.3. The number of carboxylic acid groups (broad SMARTS) is 1. The van der Waals surface area contributed by atoms with E-state index >= 15 is 0 Å². The Balaban J connectivity index is 2.26. The molecule has 0 radical (unpaired) electrons. The second-order valence-corrected chi connectivity index (χ2v) is 5.41. The number of benzene rings is 3. The Bertz CT molecular complexity index is 806. The second-order valence-electron chi connectivity index (χ2n) is 5.41. The molecule has 0 aromatic heterocycles. The quantitative estimate of drug-likeness (QED) is 0.727. The summed E-state index contributed by atoms with van der Waals surface area (Å²) >= 11 is 0. The smallest absolute Gasteiger partial charge is 0.310 e. The van der Waals surface area contributed by atoms with E-state index in [-0.39, 0.29) is 0 Å². The molecule has 3 aromatic carbocycles. The van der Waals surface area contributed by atoms with Gasteiger partial charge in [0.25, 0.3) is 0 Å². The summed E-state index contributed by atoms with van der Waals surface area (Å²) in [6.07, 6.45) is 0.587. The summed E-state index contributed by atoms with van der Waals surface area (Å²) in [5.74, 6) is -1.23. The van der Waals surface area contributed by atoms with Gasteiger partial charge in [0.15, 0.2) is 0 Å². The molecule has 3 rings (SSSR count). The van der Waals surface area contributed by atoms with Crippen LogP contribution in [0.3, 0.4) is 0 Å². The van der Waals surface area contributed by atoms with Crippen molar-refractivity contribution in [1.82, 2.24) is 0 Å². The van der Waals surface area contributed by atoms with Gasteiger partial charge < -0.3 is 5.11 Å². The number of fused-ring (bicyclic) bond motifs is 1. The molecule has 2 heteroatoms. The van der Waals surface area contributed by atoms with Gasteiger partial charge in [-0.25, -0.2) is 0 Å². The summed E-state index contributed by atoms with van der Waals surface area (Å²) in [4.78, 5) is 11.5. The molecule has 1 N–H and O–H groups in total. The molecule has 0 unspecified atom stereocenters. The topological polar surface area (TPSA) is 37.3 Å². The molecular weight excluding hydrogens is 272 g/mol. The van der Waals surface area contributed by atoms with Crippen LogP contribution in [0, 0.1) is 0 Å². The highest BCUT2D eigenvalue weighted by Gasteiger charge is 2.20. The lowest BCUT2D eigenvalue weighted by molar-refractivity contribution is -0.138. The molecule has 2 nitrogen and oxygen atoms in total. The number of aliphatic carboxylic acids is 1. The van der Waals surface area contributed by atoms with Crippen molar-refractivity contribution in [2.45, 2.75) is 19.3 Å². The van der Waals surface area contributed by atoms with Crippen LogP contribution >= 0.6 is 0 Å². The number of hydrogen-bond donors (Lipinski definition) is 1. The van der Waals surface area contributed by atoms with Crippen LogP contribution in [-0.2, 0) is 4.79 Å². The Labute approximate surface area is 130 Å². The van der Waals surface area contributed by atoms with Crippen LogP contribution in [0.25, 0.3) is 21.9 Å². The largest absolute Gasteiger partial charge is 0.481 e. The van der Waals surface area contributed by atoms with Crippen molar-refractivity contribution in [2.75, 3.05) is 0 Å². The maximum absolute atomic E-state index is 11.5. The Morgan fingerprint density at radius 3 is 2.18 bits per heavy atom. The Kier molecular flexibility index (Phi) is 3.92. The van der Waals surface area contributed by atoms with E-state index in [0.29, 0.717) is 6.42 Å². The number of carbonyl (C=O) groups is 1. The minimum absolute atomic E-state index is 0.463. The fraction of sp³-hybridized carbons (Fsp3) is 0.150. The van der Waals surface area contributed by atoms with Crippen molar-refractivity contribution in [3.63, 3.8) is 0 Å². The van der Waals surface area contributed by atoms with Gasteiger partial charge in [0.1, 0.15) is 0 Å². The molecule has 22 heavy (non-hydrogen) atoms. The Hall–Kier alpha value is -2.61. The lowest BCUT2D eigenvalue weighted by atomic mass is 9.88. The SMILES string of the molecule is CC[C@H](C(=O)O)c1ccc(-c2ccccc2)c2ccccc12. The zero-order chi connectivity index (χ0) is 15.5. The van der Waals surface area contributed by atoms with E-state index in [0.717, 1.165) is 27.5 Å². The minimum atomic E-state index is -0.764. The summed E-state index contributed by atoms with van der Waals surface area (Å²) in [6, 6.07) is 22.2. The van der Waals surface area contributed by atoms with Crippen molar-refractivity contribution in [2.24, 2.45) is 0 Å². The molecule has 0 spiro atoms. The van der Waals surface area contributed by atoms with Gasteiger partial charge in [-0.15, -0.1) is 0 Å². The van der Waals surface area contributed by atoms with E-state index in [1.807, 2.05) is 55.5 Å². The highest BCUT2D eigenvalue weighted by atomic mass is 16.4. The van der Waals surface area contributed by atoms with Crippen LogP contribution in [-0.4, -0.2) is 11.1 Å². The van der Waals surface area contributed by atoms with Crippen molar-refractivity contribution >= 4 is 16.7 Å². The van der Waals surface area contributed by atoms with E-state index in [9.17, 15) is 9.90 Å². The van der Waals surface area contributed by atoms with Crippen molar-refractivity contribution in [3.8, 4) is 11.1 Å². The van der Waals surface area contributed by atoms with E-state index in [2.05, 4.69) is 18.2 Å².